The average Bonchev–Trinajstić information content (AvgIpc) is 3.02. The van der Waals surface area contributed by atoms with Gasteiger partial charge < -0.3 is 14.8 Å². The maximum Gasteiger partial charge on any atom is 0.433 e. The molecule has 0 saturated carbocycles. The van der Waals surface area contributed by atoms with Crippen LogP contribution in [-0.2, 0) is 6.18 Å². The second-order valence-electron chi connectivity index (χ2n) is 6.48. The van der Waals surface area contributed by atoms with Gasteiger partial charge in [0.15, 0.2) is 11.3 Å². The minimum atomic E-state index is -4.70. The molecule has 3 rings (SSSR count). The molecule has 1 unspecified atom stereocenters. The van der Waals surface area contributed by atoms with E-state index in [0.29, 0.717) is 21.6 Å². The van der Waals surface area contributed by atoms with Crippen molar-refractivity contribution < 1.29 is 27.4 Å². The fourth-order valence-corrected chi connectivity index (χ4v) is 3.23. The van der Waals surface area contributed by atoms with Gasteiger partial charge in [-0.2, -0.15) is 18.3 Å². The van der Waals surface area contributed by atoms with E-state index in [1.54, 1.807) is 25.1 Å². The van der Waals surface area contributed by atoms with Crippen LogP contribution in [-0.4, -0.2) is 34.7 Å². The molecular formula is C19H18ClF3N4O3. The summed E-state index contributed by atoms with van der Waals surface area (Å²) in [6.07, 6.45) is -4.70. The number of halogens is 4. The van der Waals surface area contributed by atoms with Gasteiger partial charge in [0, 0.05) is 11.3 Å². The third kappa shape index (κ3) is 4.00. The van der Waals surface area contributed by atoms with Crippen molar-refractivity contribution in [1.82, 2.24) is 19.9 Å². The van der Waals surface area contributed by atoms with Crippen molar-refractivity contribution >= 4 is 23.2 Å². The number of rotatable bonds is 5. The molecule has 2 heterocycles. The number of nitrogens with zero attached hydrogens (tertiary/aromatic N) is 3. The maximum absolute atomic E-state index is 13.4. The predicted molar refractivity (Wildman–Crippen MR) is 103 cm³/mol. The number of fused-ring (bicyclic) bond motifs is 1. The van der Waals surface area contributed by atoms with Gasteiger partial charge in [-0.15, -0.1) is 0 Å². The molecule has 1 aromatic carbocycles. The number of hydrogen-bond acceptors (Lipinski definition) is 5. The zero-order valence-corrected chi connectivity index (χ0v) is 17.2. The number of nitrogens with one attached hydrogen (secondary N) is 1. The molecule has 160 valence electrons. The lowest BCUT2D eigenvalue weighted by Crippen LogP contribution is -2.27. The van der Waals surface area contributed by atoms with E-state index in [-0.39, 0.29) is 22.1 Å². The number of hydrogen-bond donors (Lipinski definition) is 1. The Hall–Kier alpha value is -3.01. The van der Waals surface area contributed by atoms with Crippen LogP contribution >= 0.6 is 11.6 Å². The van der Waals surface area contributed by atoms with Crippen LogP contribution in [0.2, 0.25) is 5.02 Å². The smallest absolute Gasteiger partial charge is 0.433 e. The fourth-order valence-electron chi connectivity index (χ4n) is 2.98. The van der Waals surface area contributed by atoms with Crippen LogP contribution in [0.25, 0.3) is 5.65 Å². The summed E-state index contributed by atoms with van der Waals surface area (Å²) in [5.74, 6) is 0.294. The number of alkyl halides is 3. The van der Waals surface area contributed by atoms with Crippen LogP contribution in [0.4, 0.5) is 13.2 Å². The molecule has 0 aliphatic rings. The predicted octanol–water partition coefficient (Wildman–Crippen LogP) is 4.22. The summed E-state index contributed by atoms with van der Waals surface area (Å²) in [7, 11) is 2.98. The van der Waals surface area contributed by atoms with E-state index in [9.17, 15) is 18.0 Å². The molecule has 1 amide bonds. The van der Waals surface area contributed by atoms with E-state index in [1.807, 2.05) is 0 Å². The summed E-state index contributed by atoms with van der Waals surface area (Å²) in [4.78, 5) is 16.8. The summed E-state index contributed by atoms with van der Waals surface area (Å²) < 4.78 is 51.1. The molecule has 0 saturated heterocycles. The summed E-state index contributed by atoms with van der Waals surface area (Å²) in [6.45, 7) is 3.08. The minimum absolute atomic E-state index is 0.0954. The molecule has 3 aromatic rings. The molecular weight excluding hydrogens is 425 g/mol. The first-order valence-electron chi connectivity index (χ1n) is 8.72. The normalized spacial score (nSPS) is 12.7. The Balaban J connectivity index is 1.99. The van der Waals surface area contributed by atoms with Crippen molar-refractivity contribution in [3.05, 3.63) is 51.9 Å². The van der Waals surface area contributed by atoms with E-state index in [2.05, 4.69) is 15.4 Å². The van der Waals surface area contributed by atoms with Crippen molar-refractivity contribution in [2.24, 2.45) is 0 Å². The molecule has 2 aromatic heterocycles. The van der Waals surface area contributed by atoms with E-state index in [0.717, 1.165) is 6.07 Å². The first kappa shape index (κ1) is 21.7. The van der Waals surface area contributed by atoms with E-state index >= 15 is 0 Å². The van der Waals surface area contributed by atoms with Crippen molar-refractivity contribution in [2.45, 2.75) is 26.1 Å². The number of methoxy groups -OCH3 is 2. The van der Waals surface area contributed by atoms with E-state index in [1.165, 1.54) is 21.1 Å². The Bertz CT molecular complexity index is 1110. The molecule has 0 radical (unpaired) electrons. The number of aromatic nitrogens is 3. The Kier molecular flexibility index (Phi) is 5.80. The van der Waals surface area contributed by atoms with Crippen LogP contribution in [0.3, 0.4) is 0 Å². The number of aryl methyl sites for hydroxylation is 1. The Morgan fingerprint density at radius 1 is 1.23 bits per heavy atom. The fraction of sp³-hybridized carbons (Fsp3) is 0.316. The van der Waals surface area contributed by atoms with Crippen LogP contribution in [0, 0.1) is 6.92 Å². The quantitative estimate of drug-likeness (QED) is 0.640. The van der Waals surface area contributed by atoms with Crippen molar-refractivity contribution in [1.29, 1.82) is 0 Å². The van der Waals surface area contributed by atoms with Crippen LogP contribution < -0.4 is 14.8 Å². The second-order valence-corrected chi connectivity index (χ2v) is 6.86. The number of carbonyl (C=O) groups is 1. The molecule has 0 aliphatic heterocycles. The SMILES string of the molecule is COc1ccc(OC)c(C(C)NC(=O)c2nn3c(C(F)(F)F)cc(C)nc3c2Cl)c1. The highest BCUT2D eigenvalue weighted by Crippen LogP contribution is 2.33. The maximum atomic E-state index is 13.4. The van der Waals surface area contributed by atoms with Crippen molar-refractivity contribution in [3.8, 4) is 11.5 Å². The summed E-state index contributed by atoms with van der Waals surface area (Å²) >= 11 is 6.16. The molecule has 1 atom stereocenters. The third-order valence-corrected chi connectivity index (χ3v) is 4.77. The standard InChI is InChI=1S/C19H18ClF3N4O3/c1-9-7-14(19(21,22)23)27-17(24-9)15(20)16(26-27)18(28)25-10(2)12-8-11(29-3)5-6-13(12)30-4/h5-8,10H,1-4H3,(H,25,28). The van der Waals surface area contributed by atoms with Gasteiger partial charge in [0.2, 0.25) is 0 Å². The number of benzene rings is 1. The zero-order chi connectivity index (χ0) is 22.2. The van der Waals surface area contributed by atoms with Gasteiger partial charge in [0.25, 0.3) is 5.91 Å². The van der Waals surface area contributed by atoms with Crippen LogP contribution in [0.15, 0.2) is 24.3 Å². The van der Waals surface area contributed by atoms with Gasteiger partial charge in [-0.1, -0.05) is 11.6 Å². The molecule has 0 aliphatic carbocycles. The van der Waals surface area contributed by atoms with E-state index in [4.69, 9.17) is 21.1 Å². The highest BCUT2D eigenvalue weighted by molar-refractivity contribution is 6.36. The molecule has 0 fully saturated rings. The average molecular weight is 443 g/mol. The molecule has 0 bridgehead atoms. The van der Waals surface area contributed by atoms with Crippen molar-refractivity contribution in [3.63, 3.8) is 0 Å². The highest BCUT2D eigenvalue weighted by Gasteiger charge is 2.36. The second kappa shape index (κ2) is 8.02. The third-order valence-electron chi connectivity index (χ3n) is 4.42. The van der Waals surface area contributed by atoms with Gasteiger partial charge in [-0.05, 0) is 38.1 Å². The van der Waals surface area contributed by atoms with E-state index < -0.39 is 23.8 Å². The summed E-state index contributed by atoms with van der Waals surface area (Å²) in [5.41, 5.74) is -0.990. The monoisotopic (exact) mass is 442 g/mol. The largest absolute Gasteiger partial charge is 0.497 e. The van der Waals surface area contributed by atoms with Gasteiger partial charge in [0.1, 0.15) is 22.2 Å². The number of amides is 1. The Morgan fingerprint density at radius 3 is 2.53 bits per heavy atom. The first-order chi connectivity index (χ1) is 14.1. The lowest BCUT2D eigenvalue weighted by molar-refractivity contribution is -0.142. The molecule has 30 heavy (non-hydrogen) atoms. The molecule has 1 N–H and O–H groups in total. The summed E-state index contributed by atoms with van der Waals surface area (Å²) in [6, 6.07) is 5.31. The van der Waals surface area contributed by atoms with Gasteiger partial charge in [0.05, 0.1) is 20.3 Å². The van der Waals surface area contributed by atoms with Crippen LogP contribution in [0.1, 0.15) is 40.4 Å². The van der Waals surface area contributed by atoms with Gasteiger partial charge >= 0.3 is 6.18 Å². The Labute approximate surface area is 174 Å². The Morgan fingerprint density at radius 2 is 1.93 bits per heavy atom. The lowest BCUT2D eigenvalue weighted by atomic mass is 10.1. The first-order valence-corrected chi connectivity index (χ1v) is 9.10. The van der Waals surface area contributed by atoms with Crippen molar-refractivity contribution in [2.75, 3.05) is 14.2 Å². The summed E-state index contributed by atoms with van der Waals surface area (Å²) in [5, 5.41) is 6.17. The number of ether oxygens (including phenoxy) is 2. The minimum Gasteiger partial charge on any atom is -0.497 e. The molecule has 11 heteroatoms. The topological polar surface area (TPSA) is 77.8 Å². The zero-order valence-electron chi connectivity index (χ0n) is 16.5. The molecule has 7 nitrogen and oxygen atoms in total. The van der Waals surface area contributed by atoms with Crippen LogP contribution in [0.5, 0.6) is 11.5 Å². The van der Waals surface area contributed by atoms with Gasteiger partial charge in [-0.3, -0.25) is 4.79 Å². The number of carbonyl (C=O) groups excluding carboxylic acids is 1. The van der Waals surface area contributed by atoms with Gasteiger partial charge in [-0.25, -0.2) is 9.50 Å². The lowest BCUT2D eigenvalue weighted by Gasteiger charge is -2.17. The highest BCUT2D eigenvalue weighted by atomic mass is 35.5. The molecule has 0 spiro atoms.